The minimum absolute atomic E-state index is 0.467. The highest BCUT2D eigenvalue weighted by atomic mass is 79.9. The van der Waals surface area contributed by atoms with Crippen molar-refractivity contribution in [2.75, 3.05) is 0 Å². The fourth-order valence-electron chi connectivity index (χ4n) is 1.49. The Morgan fingerprint density at radius 2 is 1.93 bits per heavy atom. The van der Waals surface area contributed by atoms with Crippen LogP contribution in [-0.4, -0.2) is 9.38 Å². The second kappa shape index (κ2) is 3.91. The van der Waals surface area contributed by atoms with E-state index in [-0.39, 0.29) is 0 Å². The number of nitrogens with zero attached hydrogens (tertiary/aromatic N) is 2. The zero-order chi connectivity index (χ0) is 11.2. The molecule has 0 atom stereocenters. The minimum Gasteiger partial charge on any atom is -0.284 e. The van der Waals surface area contributed by atoms with Crippen molar-refractivity contribution in [2.24, 2.45) is 0 Å². The predicted octanol–water partition coefficient (Wildman–Crippen LogP) is 4.41. The number of hydrogen-bond acceptors (Lipinski definition) is 2. The standard InChI is InChI=1S/C11H15BrN2S/c1-6(2)8-5-14-10(12)9(7(3)4)13-11(14)15-8/h5-7H,1-4H3. The lowest BCUT2D eigenvalue weighted by atomic mass is 10.2. The molecule has 0 aliphatic carbocycles. The summed E-state index contributed by atoms with van der Waals surface area (Å²) in [6.07, 6.45) is 2.19. The Balaban J connectivity index is 2.57. The van der Waals surface area contributed by atoms with Gasteiger partial charge in [0, 0.05) is 11.1 Å². The van der Waals surface area contributed by atoms with Crippen molar-refractivity contribution >= 4 is 32.2 Å². The van der Waals surface area contributed by atoms with Gasteiger partial charge in [-0.2, -0.15) is 0 Å². The van der Waals surface area contributed by atoms with E-state index in [1.54, 1.807) is 11.3 Å². The molecule has 82 valence electrons. The second-order valence-corrected chi connectivity index (χ2v) is 6.18. The molecule has 0 saturated carbocycles. The first kappa shape index (κ1) is 11.1. The molecule has 2 rings (SSSR count). The van der Waals surface area contributed by atoms with E-state index in [2.05, 4.69) is 59.2 Å². The minimum atomic E-state index is 0.467. The lowest BCUT2D eigenvalue weighted by molar-refractivity contribution is 0.825. The van der Waals surface area contributed by atoms with Crippen LogP contribution in [0.25, 0.3) is 4.96 Å². The average molecular weight is 287 g/mol. The van der Waals surface area contributed by atoms with E-state index in [1.807, 2.05) is 0 Å². The molecule has 2 heterocycles. The number of fused-ring (bicyclic) bond motifs is 1. The summed E-state index contributed by atoms with van der Waals surface area (Å²) in [6.45, 7) is 8.76. The molecule has 0 saturated heterocycles. The van der Waals surface area contributed by atoms with Gasteiger partial charge in [0.05, 0.1) is 5.69 Å². The Labute approximate surface area is 102 Å². The average Bonchev–Trinajstić information content (AvgIpc) is 2.65. The number of thiazole rings is 1. The van der Waals surface area contributed by atoms with Gasteiger partial charge in [0.15, 0.2) is 4.96 Å². The van der Waals surface area contributed by atoms with E-state index in [0.717, 1.165) is 15.3 Å². The van der Waals surface area contributed by atoms with E-state index in [4.69, 9.17) is 0 Å². The van der Waals surface area contributed by atoms with E-state index in [0.29, 0.717) is 11.8 Å². The molecule has 0 aromatic carbocycles. The highest BCUT2D eigenvalue weighted by Gasteiger charge is 2.15. The van der Waals surface area contributed by atoms with Crippen LogP contribution in [0.4, 0.5) is 0 Å². The molecule has 0 aliphatic heterocycles. The van der Waals surface area contributed by atoms with Crippen molar-refractivity contribution in [3.8, 4) is 0 Å². The summed E-state index contributed by atoms with van der Waals surface area (Å²) in [5.74, 6) is 1.04. The molecule has 0 N–H and O–H groups in total. The van der Waals surface area contributed by atoms with Crippen LogP contribution in [0, 0.1) is 0 Å². The summed E-state index contributed by atoms with van der Waals surface area (Å²) in [7, 11) is 0. The molecular weight excluding hydrogens is 272 g/mol. The molecule has 0 bridgehead atoms. The van der Waals surface area contributed by atoms with Crippen molar-refractivity contribution in [3.63, 3.8) is 0 Å². The number of rotatable bonds is 2. The fraction of sp³-hybridized carbons (Fsp3) is 0.545. The quantitative estimate of drug-likeness (QED) is 0.800. The van der Waals surface area contributed by atoms with E-state index >= 15 is 0 Å². The zero-order valence-electron chi connectivity index (χ0n) is 9.41. The van der Waals surface area contributed by atoms with Crippen LogP contribution in [0.15, 0.2) is 10.8 Å². The largest absolute Gasteiger partial charge is 0.284 e. The zero-order valence-corrected chi connectivity index (χ0v) is 11.8. The van der Waals surface area contributed by atoms with Gasteiger partial charge in [0.1, 0.15) is 4.60 Å². The molecule has 0 amide bonds. The van der Waals surface area contributed by atoms with Crippen LogP contribution in [0.5, 0.6) is 0 Å². The molecule has 0 radical (unpaired) electrons. The SMILES string of the molecule is CC(C)c1cn2c(Br)c(C(C)C)nc2s1. The highest BCUT2D eigenvalue weighted by molar-refractivity contribution is 9.10. The Morgan fingerprint density at radius 1 is 1.27 bits per heavy atom. The second-order valence-electron chi connectivity index (χ2n) is 4.38. The predicted molar refractivity (Wildman–Crippen MR) is 68.9 cm³/mol. The molecule has 0 unspecified atom stereocenters. The third-order valence-electron chi connectivity index (χ3n) is 2.43. The maximum atomic E-state index is 4.65. The molecule has 0 aliphatic rings. The Hall–Kier alpha value is -0.350. The summed E-state index contributed by atoms with van der Waals surface area (Å²) in [4.78, 5) is 7.12. The van der Waals surface area contributed by atoms with Crippen molar-refractivity contribution in [2.45, 2.75) is 39.5 Å². The molecule has 2 aromatic rings. The fourth-order valence-corrected chi connectivity index (χ4v) is 3.41. The summed E-state index contributed by atoms with van der Waals surface area (Å²) < 4.78 is 3.26. The van der Waals surface area contributed by atoms with Crippen LogP contribution < -0.4 is 0 Å². The molecular formula is C11H15BrN2S. The van der Waals surface area contributed by atoms with Gasteiger partial charge in [-0.1, -0.05) is 27.7 Å². The van der Waals surface area contributed by atoms with Crippen LogP contribution in [-0.2, 0) is 0 Å². The summed E-state index contributed by atoms with van der Waals surface area (Å²) >= 11 is 5.40. The Bertz CT molecular complexity index is 482. The van der Waals surface area contributed by atoms with Gasteiger partial charge in [0.25, 0.3) is 0 Å². The maximum absolute atomic E-state index is 4.65. The number of hydrogen-bond donors (Lipinski definition) is 0. The van der Waals surface area contributed by atoms with Crippen molar-refractivity contribution in [1.29, 1.82) is 0 Å². The van der Waals surface area contributed by atoms with Crippen LogP contribution >= 0.6 is 27.3 Å². The first-order valence-corrected chi connectivity index (χ1v) is 6.78. The van der Waals surface area contributed by atoms with Gasteiger partial charge >= 0.3 is 0 Å². The van der Waals surface area contributed by atoms with E-state index in [1.165, 1.54) is 4.88 Å². The van der Waals surface area contributed by atoms with Crippen LogP contribution in [0.2, 0.25) is 0 Å². The van der Waals surface area contributed by atoms with Gasteiger partial charge in [0.2, 0.25) is 0 Å². The summed E-state index contributed by atoms with van der Waals surface area (Å²) in [6, 6.07) is 0. The lowest BCUT2D eigenvalue weighted by Gasteiger charge is -2.00. The van der Waals surface area contributed by atoms with Crippen LogP contribution in [0.1, 0.15) is 50.1 Å². The van der Waals surface area contributed by atoms with E-state index in [9.17, 15) is 0 Å². The summed E-state index contributed by atoms with van der Waals surface area (Å²) in [5.41, 5.74) is 1.15. The smallest absolute Gasteiger partial charge is 0.195 e. The van der Waals surface area contributed by atoms with Crippen molar-refractivity contribution in [3.05, 3.63) is 21.4 Å². The van der Waals surface area contributed by atoms with Gasteiger partial charge in [-0.3, -0.25) is 4.40 Å². The first-order valence-electron chi connectivity index (χ1n) is 5.18. The molecule has 2 nitrogen and oxygen atoms in total. The third kappa shape index (κ3) is 1.85. The van der Waals surface area contributed by atoms with E-state index < -0.39 is 0 Å². The molecule has 4 heteroatoms. The van der Waals surface area contributed by atoms with Crippen LogP contribution in [0.3, 0.4) is 0 Å². The van der Waals surface area contributed by atoms with Crippen molar-refractivity contribution < 1.29 is 0 Å². The Morgan fingerprint density at radius 3 is 2.40 bits per heavy atom. The normalized spacial score (nSPS) is 12.2. The lowest BCUT2D eigenvalue weighted by Crippen LogP contribution is -1.89. The molecule has 15 heavy (non-hydrogen) atoms. The third-order valence-corrected chi connectivity index (χ3v) is 4.50. The maximum Gasteiger partial charge on any atom is 0.195 e. The topological polar surface area (TPSA) is 17.3 Å². The molecule has 0 spiro atoms. The van der Waals surface area contributed by atoms with Crippen molar-refractivity contribution in [1.82, 2.24) is 9.38 Å². The summed E-state index contributed by atoms with van der Waals surface area (Å²) in [5, 5.41) is 0. The molecule has 0 fully saturated rings. The van der Waals surface area contributed by atoms with Gasteiger partial charge in [-0.15, -0.1) is 11.3 Å². The van der Waals surface area contributed by atoms with Gasteiger partial charge in [-0.05, 0) is 27.8 Å². The number of imidazole rings is 1. The molecule has 2 aromatic heterocycles. The van der Waals surface area contributed by atoms with Gasteiger partial charge < -0.3 is 0 Å². The first-order chi connectivity index (χ1) is 7.00. The Kier molecular flexibility index (Phi) is 2.90. The van der Waals surface area contributed by atoms with Gasteiger partial charge in [-0.25, -0.2) is 4.98 Å². The monoisotopic (exact) mass is 286 g/mol. The number of aromatic nitrogens is 2. The number of halogens is 1. The highest BCUT2D eigenvalue weighted by Crippen LogP contribution is 2.31.